The van der Waals surface area contributed by atoms with Gasteiger partial charge in [0.2, 0.25) is 0 Å². The molecule has 0 radical (unpaired) electrons. The molecule has 0 spiro atoms. The second kappa shape index (κ2) is 7.10. The molecule has 6 heteroatoms. The van der Waals surface area contributed by atoms with Crippen molar-refractivity contribution in [2.45, 2.75) is 0 Å². The molecule has 15 heavy (non-hydrogen) atoms. The largest absolute Gasteiger partial charge is 0.422 e. The molecule has 1 rings (SSSR count). The second-order valence-electron chi connectivity index (χ2n) is 3.35. The molecule has 0 amide bonds. The summed E-state index contributed by atoms with van der Waals surface area (Å²) in [5.41, 5.74) is 0. The molecule has 0 aromatic heterocycles. The minimum atomic E-state index is -0.590. The number of rotatable bonds is 6. The predicted molar refractivity (Wildman–Crippen MR) is 72.0 cm³/mol. The average molecular weight is 258 g/mol. The monoisotopic (exact) mass is 258 g/mol. The normalized spacial score (nSPS) is 13.0. The van der Waals surface area contributed by atoms with Crippen LogP contribution in [0.4, 0.5) is 0 Å². The SMILES string of the molecule is CO[SiH2]c1cccc([SiH2]OC)c1[SiH2]OC. The van der Waals surface area contributed by atoms with Gasteiger partial charge in [-0.05, 0) is 15.6 Å². The molecule has 0 bridgehead atoms. The first-order chi connectivity index (χ1) is 7.33. The van der Waals surface area contributed by atoms with Gasteiger partial charge in [0.25, 0.3) is 0 Å². The molecule has 0 atom stereocenters. The van der Waals surface area contributed by atoms with Crippen LogP contribution in [0, 0.1) is 0 Å². The summed E-state index contributed by atoms with van der Waals surface area (Å²) in [7, 11) is 3.63. The molecule has 1 aromatic carbocycles. The van der Waals surface area contributed by atoms with Crippen molar-refractivity contribution in [1.29, 1.82) is 0 Å². The van der Waals surface area contributed by atoms with Gasteiger partial charge in [-0.2, -0.15) is 0 Å². The molecule has 1 aromatic rings. The van der Waals surface area contributed by atoms with Crippen LogP contribution in [0.5, 0.6) is 0 Å². The fraction of sp³-hybridized carbons (Fsp3) is 0.333. The van der Waals surface area contributed by atoms with Crippen molar-refractivity contribution in [2.75, 3.05) is 21.3 Å². The topological polar surface area (TPSA) is 27.7 Å². The van der Waals surface area contributed by atoms with Crippen molar-refractivity contribution in [3.05, 3.63) is 18.2 Å². The lowest BCUT2D eigenvalue weighted by Gasteiger charge is -2.12. The highest BCUT2D eigenvalue weighted by Crippen LogP contribution is 1.80. The Morgan fingerprint density at radius 3 is 1.67 bits per heavy atom. The maximum atomic E-state index is 5.37. The Morgan fingerprint density at radius 2 is 1.27 bits per heavy atom. The van der Waals surface area contributed by atoms with Crippen LogP contribution in [0.1, 0.15) is 0 Å². The molecule has 84 valence electrons. The third-order valence-corrected chi connectivity index (χ3v) is 7.27. The van der Waals surface area contributed by atoms with Crippen LogP contribution in [0.2, 0.25) is 0 Å². The van der Waals surface area contributed by atoms with Gasteiger partial charge < -0.3 is 13.3 Å². The van der Waals surface area contributed by atoms with Gasteiger partial charge in [0, 0.05) is 21.3 Å². The lowest BCUT2D eigenvalue weighted by Crippen LogP contribution is -2.49. The summed E-state index contributed by atoms with van der Waals surface area (Å²) in [5, 5.41) is 4.23. The van der Waals surface area contributed by atoms with E-state index in [1.54, 1.807) is 21.3 Å². The van der Waals surface area contributed by atoms with Gasteiger partial charge in [0.05, 0.1) is 0 Å². The molecule has 0 saturated carbocycles. The summed E-state index contributed by atoms with van der Waals surface area (Å²) in [6.07, 6.45) is 0. The average Bonchev–Trinajstić information content (AvgIpc) is 2.23. The molecule has 0 aliphatic rings. The summed E-state index contributed by atoms with van der Waals surface area (Å²) >= 11 is 0. The van der Waals surface area contributed by atoms with E-state index in [1.165, 1.54) is 15.6 Å². The van der Waals surface area contributed by atoms with Crippen LogP contribution in [0.25, 0.3) is 0 Å². The van der Waals surface area contributed by atoms with Crippen molar-refractivity contribution >= 4 is 44.8 Å². The quantitative estimate of drug-likeness (QED) is 0.502. The van der Waals surface area contributed by atoms with E-state index in [-0.39, 0.29) is 0 Å². The molecular weight excluding hydrogens is 240 g/mol. The predicted octanol–water partition coefficient (Wildman–Crippen LogP) is -3.25. The number of hydrogen-bond donors (Lipinski definition) is 0. The van der Waals surface area contributed by atoms with E-state index in [0.717, 1.165) is 0 Å². The lowest BCUT2D eigenvalue weighted by atomic mass is 10.3. The van der Waals surface area contributed by atoms with Gasteiger partial charge in [-0.1, -0.05) is 18.2 Å². The zero-order valence-corrected chi connectivity index (χ0v) is 13.8. The van der Waals surface area contributed by atoms with Crippen molar-refractivity contribution in [3.8, 4) is 0 Å². The second-order valence-corrected chi connectivity index (χ2v) is 8.18. The molecule has 3 nitrogen and oxygen atoms in total. The van der Waals surface area contributed by atoms with Gasteiger partial charge in [-0.3, -0.25) is 0 Å². The first-order valence-corrected chi connectivity index (χ1v) is 8.75. The highest BCUT2D eigenvalue weighted by molar-refractivity contribution is 6.68. The number of benzene rings is 1. The Labute approximate surface area is 98.0 Å². The summed E-state index contributed by atoms with van der Waals surface area (Å²) in [6.45, 7) is 0. The molecule has 0 aliphatic heterocycles. The molecule has 0 saturated heterocycles. The van der Waals surface area contributed by atoms with E-state index in [1.807, 2.05) is 0 Å². The summed E-state index contributed by atoms with van der Waals surface area (Å²) < 4.78 is 16.0. The van der Waals surface area contributed by atoms with Crippen LogP contribution in [0.3, 0.4) is 0 Å². The Hall–Kier alpha value is -0.249. The van der Waals surface area contributed by atoms with Crippen LogP contribution in [-0.4, -0.2) is 50.6 Å². The van der Waals surface area contributed by atoms with E-state index in [2.05, 4.69) is 18.2 Å². The van der Waals surface area contributed by atoms with Crippen molar-refractivity contribution < 1.29 is 13.3 Å². The molecular formula is C9H18O3Si3. The Balaban J connectivity index is 2.97. The highest BCUT2D eigenvalue weighted by atomic mass is 28.2. The fourth-order valence-corrected chi connectivity index (χ4v) is 5.86. The van der Waals surface area contributed by atoms with Gasteiger partial charge in [0.15, 0.2) is 29.3 Å². The Bertz CT molecular complexity index is 282. The van der Waals surface area contributed by atoms with Gasteiger partial charge in [0.1, 0.15) is 0 Å². The van der Waals surface area contributed by atoms with Gasteiger partial charge in [-0.15, -0.1) is 0 Å². The fourth-order valence-electron chi connectivity index (χ4n) is 1.60. The van der Waals surface area contributed by atoms with Crippen molar-refractivity contribution in [2.24, 2.45) is 0 Å². The van der Waals surface area contributed by atoms with E-state index >= 15 is 0 Å². The van der Waals surface area contributed by atoms with Crippen molar-refractivity contribution in [1.82, 2.24) is 0 Å². The van der Waals surface area contributed by atoms with Crippen LogP contribution < -0.4 is 15.6 Å². The zero-order chi connectivity index (χ0) is 11.1. The molecule has 0 unspecified atom stereocenters. The summed E-state index contributed by atoms with van der Waals surface area (Å²) in [5.74, 6) is 0. The first kappa shape index (κ1) is 12.8. The third kappa shape index (κ3) is 3.67. The summed E-state index contributed by atoms with van der Waals surface area (Å²) in [6, 6.07) is 6.45. The van der Waals surface area contributed by atoms with Crippen LogP contribution in [0.15, 0.2) is 18.2 Å². The third-order valence-electron chi connectivity index (χ3n) is 2.26. The highest BCUT2D eigenvalue weighted by Gasteiger charge is 2.09. The molecule has 0 N–H and O–H groups in total. The maximum absolute atomic E-state index is 5.37. The Kier molecular flexibility index (Phi) is 6.06. The minimum absolute atomic E-state index is 0.567. The molecule has 0 aliphatic carbocycles. The van der Waals surface area contributed by atoms with Crippen LogP contribution in [-0.2, 0) is 13.3 Å². The van der Waals surface area contributed by atoms with E-state index < -0.39 is 29.3 Å². The number of hydrogen-bond acceptors (Lipinski definition) is 3. The molecule has 0 fully saturated rings. The first-order valence-electron chi connectivity index (χ1n) is 4.90. The summed E-state index contributed by atoms with van der Waals surface area (Å²) in [4.78, 5) is 0. The lowest BCUT2D eigenvalue weighted by molar-refractivity contribution is 0.446. The van der Waals surface area contributed by atoms with E-state index in [4.69, 9.17) is 13.3 Å². The van der Waals surface area contributed by atoms with Gasteiger partial charge in [-0.25, -0.2) is 0 Å². The van der Waals surface area contributed by atoms with E-state index in [9.17, 15) is 0 Å². The van der Waals surface area contributed by atoms with Crippen molar-refractivity contribution in [3.63, 3.8) is 0 Å². The van der Waals surface area contributed by atoms with Gasteiger partial charge >= 0.3 is 0 Å². The molecule has 0 heterocycles. The smallest absolute Gasteiger partial charge is 0.191 e. The standard InChI is InChI=1S/C9H18O3Si3/c1-10-13-7-5-4-6-8(14-11-2)9(7)15-12-3/h4-6H,13-15H2,1-3H3. The minimum Gasteiger partial charge on any atom is -0.422 e. The zero-order valence-electron chi connectivity index (χ0n) is 9.58. The van der Waals surface area contributed by atoms with Crippen LogP contribution >= 0.6 is 0 Å². The Morgan fingerprint density at radius 1 is 0.800 bits per heavy atom. The van der Waals surface area contributed by atoms with E-state index in [0.29, 0.717) is 0 Å². The maximum Gasteiger partial charge on any atom is 0.191 e.